The summed E-state index contributed by atoms with van der Waals surface area (Å²) in [6, 6.07) is 1.20. The van der Waals surface area contributed by atoms with Crippen LogP contribution >= 0.6 is 8.25 Å². The number of nitrogens with one attached hydrogen (secondary N) is 1. The second-order valence-corrected chi connectivity index (χ2v) is 4.23. The molecule has 8 nitrogen and oxygen atoms in total. The summed E-state index contributed by atoms with van der Waals surface area (Å²) in [6.45, 7) is -0.0865. The molecule has 9 heteroatoms. The van der Waals surface area contributed by atoms with Gasteiger partial charge in [0.05, 0.1) is 0 Å². The molecule has 1 aromatic rings. The first-order chi connectivity index (χ1) is 8.56. The van der Waals surface area contributed by atoms with E-state index in [1.54, 1.807) is 12.2 Å². The summed E-state index contributed by atoms with van der Waals surface area (Å²) >= 11 is 0. The maximum Gasteiger partial charge on any atom is 0.694 e. The van der Waals surface area contributed by atoms with Gasteiger partial charge >= 0.3 is 13.9 Å². The Labute approximate surface area is 101 Å². The minimum atomic E-state index is -2.68. The topological polar surface area (TPSA) is 111 Å². The Morgan fingerprint density at radius 3 is 2.94 bits per heavy atom. The zero-order chi connectivity index (χ0) is 13.1. The molecule has 96 valence electrons. The minimum Gasteiger partial charge on any atom is -0.344 e. The van der Waals surface area contributed by atoms with E-state index in [0.717, 1.165) is 0 Å². The number of hydrogen-bond donors (Lipinski definition) is 2. The Morgan fingerprint density at radius 2 is 2.28 bits per heavy atom. The summed E-state index contributed by atoms with van der Waals surface area (Å²) in [7, 11) is -2.68. The summed E-state index contributed by atoms with van der Waals surface area (Å²) in [6.07, 6.45) is 3.34. The van der Waals surface area contributed by atoms with Crippen molar-refractivity contribution in [3.05, 3.63) is 45.3 Å². The second-order valence-electron chi connectivity index (χ2n) is 3.50. The van der Waals surface area contributed by atoms with Crippen LogP contribution in [0.3, 0.4) is 0 Å². The Kier molecular flexibility index (Phi) is 3.83. The molecule has 0 bridgehead atoms. The van der Waals surface area contributed by atoms with Crippen molar-refractivity contribution < 1.29 is 18.7 Å². The number of ether oxygens (including phenoxy) is 1. The van der Waals surface area contributed by atoms with Crippen LogP contribution in [0, 0.1) is 0 Å². The fourth-order valence-corrected chi connectivity index (χ4v) is 1.78. The molecule has 2 rings (SSSR count). The molecule has 2 N–H and O–H groups in total. The molecule has 1 unspecified atom stereocenters. The summed E-state index contributed by atoms with van der Waals surface area (Å²) in [5.41, 5.74) is -1.08. The van der Waals surface area contributed by atoms with Crippen molar-refractivity contribution in [2.75, 3.05) is 6.61 Å². The smallest absolute Gasteiger partial charge is 0.344 e. The highest BCUT2D eigenvalue weighted by molar-refractivity contribution is 7.32. The lowest BCUT2D eigenvalue weighted by atomic mass is 10.4. The molecule has 2 heterocycles. The molecule has 0 aliphatic carbocycles. The van der Waals surface area contributed by atoms with Crippen molar-refractivity contribution >= 4 is 8.25 Å². The van der Waals surface area contributed by atoms with Crippen LogP contribution < -0.4 is 11.2 Å². The van der Waals surface area contributed by atoms with Crippen LogP contribution in [-0.2, 0) is 13.8 Å². The molecule has 0 fully saturated rings. The van der Waals surface area contributed by atoms with E-state index in [1.807, 2.05) is 0 Å². The van der Waals surface area contributed by atoms with Crippen molar-refractivity contribution in [2.45, 2.75) is 12.3 Å². The Hall–Kier alpha value is -1.60. The third-order valence-electron chi connectivity index (χ3n) is 2.28. The quantitative estimate of drug-likeness (QED) is 0.573. The predicted molar refractivity (Wildman–Crippen MR) is 60.2 cm³/mol. The van der Waals surface area contributed by atoms with Gasteiger partial charge in [-0.1, -0.05) is 6.08 Å². The molecule has 1 aliphatic rings. The van der Waals surface area contributed by atoms with Gasteiger partial charge in [0.2, 0.25) is 0 Å². The van der Waals surface area contributed by atoms with Gasteiger partial charge in [0, 0.05) is 16.8 Å². The number of nitrogens with zero attached hydrogens (tertiary/aromatic N) is 1. The molecule has 0 amide bonds. The highest BCUT2D eigenvalue weighted by Crippen LogP contribution is 2.22. The maximum atomic E-state index is 11.5. The van der Waals surface area contributed by atoms with E-state index in [4.69, 9.17) is 9.63 Å². The molecule has 1 aliphatic heterocycles. The summed E-state index contributed by atoms with van der Waals surface area (Å²) in [4.78, 5) is 32.9. The predicted octanol–water partition coefficient (Wildman–Crippen LogP) is -0.344. The van der Waals surface area contributed by atoms with Gasteiger partial charge in [0.1, 0.15) is 12.7 Å². The van der Waals surface area contributed by atoms with E-state index >= 15 is 0 Å². The lowest BCUT2D eigenvalue weighted by molar-refractivity contribution is -0.00580. The first-order valence-corrected chi connectivity index (χ1v) is 6.13. The van der Waals surface area contributed by atoms with Crippen LogP contribution in [0.4, 0.5) is 0 Å². The van der Waals surface area contributed by atoms with Gasteiger partial charge in [-0.3, -0.25) is 14.3 Å². The van der Waals surface area contributed by atoms with Crippen LogP contribution in [0.2, 0.25) is 0 Å². The normalized spacial score (nSPS) is 23.3. The van der Waals surface area contributed by atoms with E-state index in [2.05, 4.69) is 9.51 Å². The fourth-order valence-electron chi connectivity index (χ4n) is 1.51. The van der Waals surface area contributed by atoms with Gasteiger partial charge in [0.15, 0.2) is 6.23 Å². The van der Waals surface area contributed by atoms with Gasteiger partial charge in [-0.25, -0.2) is 4.79 Å². The Bertz CT molecular complexity index is 591. The maximum absolute atomic E-state index is 11.5. The van der Waals surface area contributed by atoms with Gasteiger partial charge in [-0.2, -0.15) is 0 Å². The highest BCUT2D eigenvalue weighted by Gasteiger charge is 2.25. The van der Waals surface area contributed by atoms with E-state index < -0.39 is 31.8 Å². The highest BCUT2D eigenvalue weighted by atomic mass is 31.1. The molecule has 0 radical (unpaired) electrons. The monoisotopic (exact) mass is 273 g/mol. The van der Waals surface area contributed by atoms with Crippen molar-refractivity contribution in [1.82, 2.24) is 9.55 Å². The standard InChI is InChI=1S/C9H9N2O6P/c12-7-3-4-11(9(13)10-7)8-2-1-6(17-8)5-16-18(14)15/h1-4,6,8H,5H2,(H-,10,12,13,14,15)/p+1/t6-,8+/m0/s1. The Morgan fingerprint density at radius 1 is 1.50 bits per heavy atom. The SMILES string of the molecule is O=c1ccn([C@H]2C=C[C@@H](CO[P+](=O)O)O2)c(=O)[nH]1. The third-order valence-corrected chi connectivity index (χ3v) is 2.65. The molecular weight excluding hydrogens is 263 g/mol. The molecule has 1 aromatic heterocycles. The number of hydrogen-bond acceptors (Lipinski definition) is 5. The van der Waals surface area contributed by atoms with Crippen LogP contribution in [0.1, 0.15) is 6.23 Å². The molecule has 18 heavy (non-hydrogen) atoms. The van der Waals surface area contributed by atoms with Crippen LogP contribution in [0.5, 0.6) is 0 Å². The van der Waals surface area contributed by atoms with Crippen LogP contribution in [0.15, 0.2) is 34.0 Å². The van der Waals surface area contributed by atoms with E-state index in [0.29, 0.717) is 0 Å². The third kappa shape index (κ3) is 2.99. The van der Waals surface area contributed by atoms with Crippen molar-refractivity contribution in [1.29, 1.82) is 0 Å². The lowest BCUT2D eigenvalue weighted by Gasteiger charge is -2.13. The number of rotatable bonds is 4. The Balaban J connectivity index is 2.05. The molecule has 3 atom stereocenters. The molecule has 0 saturated heterocycles. The number of aromatic nitrogens is 2. The lowest BCUT2D eigenvalue weighted by Crippen LogP contribution is -2.31. The van der Waals surface area contributed by atoms with Gasteiger partial charge in [-0.05, 0) is 6.08 Å². The van der Waals surface area contributed by atoms with E-state index in [1.165, 1.54) is 16.8 Å². The van der Waals surface area contributed by atoms with Crippen molar-refractivity contribution in [3.63, 3.8) is 0 Å². The van der Waals surface area contributed by atoms with E-state index in [-0.39, 0.29) is 6.61 Å². The first kappa shape index (κ1) is 12.8. The zero-order valence-corrected chi connectivity index (χ0v) is 9.95. The molecule has 0 saturated carbocycles. The van der Waals surface area contributed by atoms with Gasteiger partial charge < -0.3 is 4.74 Å². The van der Waals surface area contributed by atoms with Crippen molar-refractivity contribution in [2.24, 2.45) is 0 Å². The molecular formula is C9H10N2O6P+. The van der Waals surface area contributed by atoms with Gasteiger partial charge in [-0.15, -0.1) is 9.42 Å². The zero-order valence-electron chi connectivity index (χ0n) is 9.05. The first-order valence-electron chi connectivity index (χ1n) is 5.00. The summed E-state index contributed by atoms with van der Waals surface area (Å²) in [5.74, 6) is 0. The average molecular weight is 273 g/mol. The minimum absolute atomic E-state index is 0.0865. The molecule has 0 aromatic carbocycles. The van der Waals surface area contributed by atoms with Crippen molar-refractivity contribution in [3.8, 4) is 0 Å². The van der Waals surface area contributed by atoms with E-state index in [9.17, 15) is 14.2 Å². The summed E-state index contributed by atoms with van der Waals surface area (Å²) < 4.78 is 21.4. The van der Waals surface area contributed by atoms with Crippen LogP contribution in [0.25, 0.3) is 0 Å². The fraction of sp³-hybridized carbons (Fsp3) is 0.333. The molecule has 0 spiro atoms. The second kappa shape index (κ2) is 5.36. The number of H-pyrrole nitrogens is 1. The van der Waals surface area contributed by atoms with Crippen LogP contribution in [-0.4, -0.2) is 27.2 Å². The largest absolute Gasteiger partial charge is 0.694 e. The van der Waals surface area contributed by atoms with Gasteiger partial charge in [0.25, 0.3) is 5.56 Å². The summed E-state index contributed by atoms with van der Waals surface area (Å²) in [5, 5.41) is 0. The average Bonchev–Trinajstić information content (AvgIpc) is 2.75. The number of aromatic amines is 1.